The highest BCUT2D eigenvalue weighted by atomic mass is 16.4. The molecule has 0 heterocycles. The summed E-state index contributed by atoms with van der Waals surface area (Å²) in [4.78, 5) is 22.0. The van der Waals surface area contributed by atoms with Crippen LogP contribution in [0.15, 0.2) is 30.3 Å². The Balaban J connectivity index is 2.59. The number of carbonyl (C=O) groups excluding carboxylic acids is 1. The first-order valence-corrected chi connectivity index (χ1v) is 5.46. The van der Waals surface area contributed by atoms with E-state index in [1.165, 1.54) is 0 Å². The zero-order valence-corrected chi connectivity index (χ0v) is 9.96. The van der Waals surface area contributed by atoms with E-state index in [0.717, 1.165) is 5.56 Å². The van der Waals surface area contributed by atoms with Gasteiger partial charge in [0, 0.05) is 5.56 Å². The lowest BCUT2D eigenvalue weighted by molar-refractivity contribution is -0.146. The number of carboxylic acids is 1. The molecule has 0 saturated heterocycles. The molecule has 5 heteroatoms. The molecule has 0 radical (unpaired) electrons. The zero-order valence-electron chi connectivity index (χ0n) is 9.96. The number of hydrogen-bond acceptors (Lipinski definition) is 3. The van der Waals surface area contributed by atoms with Crippen molar-refractivity contribution in [3.63, 3.8) is 0 Å². The van der Waals surface area contributed by atoms with Crippen LogP contribution in [0.2, 0.25) is 0 Å². The Bertz CT molecular complexity index is 451. The molecule has 0 fully saturated rings. The Morgan fingerprint density at radius 2 is 1.94 bits per heavy atom. The molecule has 1 atom stereocenters. The van der Waals surface area contributed by atoms with Gasteiger partial charge in [-0.25, -0.2) is 4.79 Å². The third-order valence-corrected chi connectivity index (χ3v) is 2.27. The van der Waals surface area contributed by atoms with Gasteiger partial charge in [-0.05, 0) is 24.6 Å². The molecule has 0 aliphatic rings. The smallest absolute Gasteiger partial charge is 0.334 e. The molecule has 0 saturated carbocycles. The summed E-state index contributed by atoms with van der Waals surface area (Å²) >= 11 is 0. The number of carbonyl (C=O) groups is 2. The molecule has 0 aromatic heterocycles. The molecule has 1 amide bonds. The maximum absolute atomic E-state index is 11.6. The van der Waals surface area contributed by atoms with Gasteiger partial charge in [0.1, 0.15) is 0 Å². The van der Waals surface area contributed by atoms with Crippen LogP contribution >= 0.6 is 0 Å². The van der Waals surface area contributed by atoms with E-state index in [1.54, 1.807) is 24.3 Å². The number of rotatable bonds is 5. The summed E-state index contributed by atoms with van der Waals surface area (Å²) in [7, 11) is 0. The van der Waals surface area contributed by atoms with Crippen LogP contribution in [0.25, 0.3) is 6.08 Å². The van der Waals surface area contributed by atoms with Crippen LogP contribution in [0, 0.1) is 0 Å². The van der Waals surface area contributed by atoms with Crippen LogP contribution in [0.3, 0.4) is 0 Å². The molecule has 0 bridgehead atoms. The molecule has 1 aromatic carbocycles. The minimum absolute atomic E-state index is 0.315. The first kappa shape index (κ1) is 13.9. The van der Waals surface area contributed by atoms with Crippen LogP contribution in [0.1, 0.15) is 22.8 Å². The monoisotopic (exact) mass is 249 g/mol. The molecule has 0 aliphatic carbocycles. The van der Waals surface area contributed by atoms with Gasteiger partial charge in [0.05, 0.1) is 6.54 Å². The molecule has 1 unspecified atom stereocenters. The van der Waals surface area contributed by atoms with E-state index < -0.39 is 18.0 Å². The number of nitrogens with one attached hydrogen (secondary N) is 1. The van der Waals surface area contributed by atoms with Crippen molar-refractivity contribution >= 4 is 18.0 Å². The SMILES string of the molecule is CC=Cc1ccc(C(=O)NCC(O)C(=O)O)cc1. The second kappa shape index (κ2) is 6.56. The van der Waals surface area contributed by atoms with E-state index in [0.29, 0.717) is 5.56 Å². The molecule has 96 valence electrons. The lowest BCUT2D eigenvalue weighted by atomic mass is 10.1. The lowest BCUT2D eigenvalue weighted by Gasteiger charge is -2.07. The summed E-state index contributed by atoms with van der Waals surface area (Å²) < 4.78 is 0. The largest absolute Gasteiger partial charge is 0.479 e. The predicted molar refractivity (Wildman–Crippen MR) is 67.1 cm³/mol. The maximum Gasteiger partial charge on any atom is 0.334 e. The molecular formula is C13H15NO4. The molecule has 18 heavy (non-hydrogen) atoms. The molecule has 0 aliphatic heterocycles. The number of aliphatic hydroxyl groups is 1. The van der Waals surface area contributed by atoms with Gasteiger partial charge < -0.3 is 15.5 Å². The van der Waals surface area contributed by atoms with Crippen LogP contribution in [0.4, 0.5) is 0 Å². The number of hydrogen-bond donors (Lipinski definition) is 3. The van der Waals surface area contributed by atoms with Gasteiger partial charge in [0.15, 0.2) is 6.10 Å². The quantitative estimate of drug-likeness (QED) is 0.723. The molecule has 0 spiro atoms. The Morgan fingerprint density at radius 1 is 1.33 bits per heavy atom. The number of carboxylic acid groups (broad SMARTS) is 1. The molecule has 1 aromatic rings. The van der Waals surface area contributed by atoms with Crippen molar-refractivity contribution in [2.45, 2.75) is 13.0 Å². The Kier molecular flexibility index (Phi) is 5.07. The van der Waals surface area contributed by atoms with Gasteiger partial charge in [-0.15, -0.1) is 0 Å². The highest BCUT2D eigenvalue weighted by Crippen LogP contribution is 2.06. The second-order valence-electron chi connectivity index (χ2n) is 3.69. The highest BCUT2D eigenvalue weighted by molar-refractivity contribution is 5.94. The average Bonchev–Trinajstić information content (AvgIpc) is 2.36. The second-order valence-corrected chi connectivity index (χ2v) is 3.69. The summed E-state index contributed by atoms with van der Waals surface area (Å²) in [5.74, 6) is -1.78. The molecule has 5 nitrogen and oxygen atoms in total. The topological polar surface area (TPSA) is 86.6 Å². The minimum Gasteiger partial charge on any atom is -0.479 e. The fourth-order valence-electron chi connectivity index (χ4n) is 1.32. The third-order valence-electron chi connectivity index (χ3n) is 2.27. The summed E-state index contributed by atoms with van der Waals surface area (Å²) in [6.07, 6.45) is 2.20. The van der Waals surface area contributed by atoms with Gasteiger partial charge >= 0.3 is 5.97 Å². The summed E-state index contributed by atoms with van der Waals surface area (Å²) in [6.45, 7) is 1.58. The predicted octanol–water partition coefficient (Wildman–Crippen LogP) is 0.895. The first-order valence-electron chi connectivity index (χ1n) is 5.46. The standard InChI is InChI=1S/C13H15NO4/c1-2-3-9-4-6-10(7-5-9)12(16)14-8-11(15)13(17)18/h2-7,11,15H,8H2,1H3,(H,14,16)(H,17,18). The zero-order chi connectivity index (χ0) is 13.5. The van der Waals surface area contributed by atoms with Gasteiger partial charge in [-0.3, -0.25) is 4.79 Å². The fraction of sp³-hybridized carbons (Fsp3) is 0.231. The minimum atomic E-state index is -1.59. The number of aliphatic carboxylic acids is 1. The van der Waals surface area contributed by atoms with Gasteiger partial charge in [0.2, 0.25) is 0 Å². The van der Waals surface area contributed by atoms with Crippen LogP contribution in [0.5, 0.6) is 0 Å². The molecule has 1 rings (SSSR count). The van der Waals surface area contributed by atoms with E-state index in [-0.39, 0.29) is 6.54 Å². The third kappa shape index (κ3) is 4.03. The van der Waals surface area contributed by atoms with Gasteiger partial charge in [-0.1, -0.05) is 24.3 Å². The van der Waals surface area contributed by atoms with Crippen LogP contribution in [-0.2, 0) is 4.79 Å². The van der Waals surface area contributed by atoms with Crippen LogP contribution < -0.4 is 5.32 Å². The maximum atomic E-state index is 11.6. The van der Waals surface area contributed by atoms with Crippen molar-refractivity contribution in [3.05, 3.63) is 41.5 Å². The Labute approximate surface area is 105 Å². The lowest BCUT2D eigenvalue weighted by Crippen LogP contribution is -2.36. The first-order chi connectivity index (χ1) is 8.54. The number of benzene rings is 1. The van der Waals surface area contributed by atoms with Crippen molar-refractivity contribution in [3.8, 4) is 0 Å². The van der Waals surface area contributed by atoms with Crippen molar-refractivity contribution in [1.82, 2.24) is 5.32 Å². The van der Waals surface area contributed by atoms with Crippen LogP contribution in [-0.4, -0.2) is 34.7 Å². The Morgan fingerprint density at radius 3 is 2.44 bits per heavy atom. The van der Waals surface area contributed by atoms with E-state index >= 15 is 0 Å². The van der Waals surface area contributed by atoms with E-state index in [1.807, 2.05) is 19.1 Å². The van der Waals surface area contributed by atoms with E-state index in [4.69, 9.17) is 10.2 Å². The fourth-order valence-corrected chi connectivity index (χ4v) is 1.32. The normalized spacial score (nSPS) is 12.3. The van der Waals surface area contributed by atoms with Gasteiger partial charge in [0.25, 0.3) is 5.91 Å². The number of aliphatic hydroxyl groups excluding tert-OH is 1. The van der Waals surface area contributed by atoms with Crippen molar-refractivity contribution in [1.29, 1.82) is 0 Å². The average molecular weight is 249 g/mol. The summed E-state index contributed by atoms with van der Waals surface area (Å²) in [5, 5.41) is 19.8. The molecular weight excluding hydrogens is 234 g/mol. The van der Waals surface area contributed by atoms with Crippen molar-refractivity contribution < 1.29 is 19.8 Å². The van der Waals surface area contributed by atoms with Crippen molar-refractivity contribution in [2.75, 3.05) is 6.54 Å². The van der Waals surface area contributed by atoms with E-state index in [2.05, 4.69) is 5.32 Å². The highest BCUT2D eigenvalue weighted by Gasteiger charge is 2.14. The number of amides is 1. The van der Waals surface area contributed by atoms with Gasteiger partial charge in [-0.2, -0.15) is 0 Å². The summed E-state index contributed by atoms with van der Waals surface area (Å²) in [5.41, 5.74) is 1.39. The van der Waals surface area contributed by atoms with E-state index in [9.17, 15) is 9.59 Å². The number of allylic oxidation sites excluding steroid dienone is 1. The Hall–Kier alpha value is -2.14. The molecule has 3 N–H and O–H groups in total. The summed E-state index contributed by atoms with van der Waals surface area (Å²) in [6, 6.07) is 6.83. The van der Waals surface area contributed by atoms with Crippen molar-refractivity contribution in [2.24, 2.45) is 0 Å².